The van der Waals surface area contributed by atoms with Crippen LogP contribution in [0.25, 0.3) is 5.53 Å². The van der Waals surface area contributed by atoms with Gasteiger partial charge in [-0.05, 0) is 20.8 Å². The van der Waals surface area contributed by atoms with Gasteiger partial charge in [-0.15, -0.1) is 0 Å². The molecular weight excluding hydrogens is 132 g/mol. The molecule has 0 heterocycles. The lowest BCUT2D eigenvalue weighted by Gasteiger charge is -2.11. The van der Waals surface area contributed by atoms with E-state index in [1.807, 2.05) is 0 Å². The van der Waals surface area contributed by atoms with Gasteiger partial charge in [0.2, 0.25) is 0 Å². The van der Waals surface area contributed by atoms with Crippen LogP contribution in [-0.2, 0) is 4.79 Å². The van der Waals surface area contributed by atoms with Crippen LogP contribution in [-0.4, -0.2) is 16.5 Å². The zero-order chi connectivity index (χ0) is 8.36. The average molecular weight is 141 g/mol. The van der Waals surface area contributed by atoms with Gasteiger partial charge in [0.25, 0.3) is 0 Å². The Kier molecular flexibility index (Phi) is 2.32. The number of nitrogens with zero attached hydrogens (tertiary/aromatic N) is 2. The molecule has 0 aromatic carbocycles. The third-order valence-corrected chi connectivity index (χ3v) is 1.00. The first kappa shape index (κ1) is 8.85. The Bertz CT molecular complexity index is 196. The van der Waals surface area contributed by atoms with Crippen LogP contribution in [0.2, 0.25) is 0 Å². The fraction of sp³-hybridized carbons (Fsp3) is 0.667. The highest BCUT2D eigenvalue weighted by Gasteiger charge is 2.27. The van der Waals surface area contributed by atoms with E-state index in [9.17, 15) is 9.90 Å². The summed E-state index contributed by atoms with van der Waals surface area (Å²) in [6.07, 6.45) is 0. The number of hydrogen-bond acceptors (Lipinski definition) is 2. The lowest BCUT2D eigenvalue weighted by atomic mass is 9.90. The van der Waals surface area contributed by atoms with Crippen LogP contribution in [0.5, 0.6) is 0 Å². The molecule has 0 fully saturated rings. The molecule has 0 aromatic heterocycles. The molecule has 4 nitrogen and oxygen atoms in total. The van der Waals surface area contributed by atoms with Gasteiger partial charge in [-0.25, -0.2) is 0 Å². The molecule has 0 N–H and O–H groups in total. The number of hydrogen-bond donors (Lipinski definition) is 0. The predicted molar refractivity (Wildman–Crippen MR) is 33.1 cm³/mol. The standard InChI is InChI=1S/C6H10N2O2/c1-6(2,3)4(8-7)5(9)10/h1-3H3,(H,9,10)/p-1. The van der Waals surface area contributed by atoms with Crippen LogP contribution in [0.4, 0.5) is 0 Å². The molecule has 0 bridgehead atoms. The zero-order valence-corrected chi connectivity index (χ0v) is 6.21. The first-order chi connectivity index (χ1) is 4.39. The van der Waals surface area contributed by atoms with Crippen molar-refractivity contribution in [3.63, 3.8) is 0 Å². The summed E-state index contributed by atoms with van der Waals surface area (Å²) in [7, 11) is 0. The molecule has 0 rings (SSSR count). The molecule has 0 aromatic rings. The highest BCUT2D eigenvalue weighted by Crippen LogP contribution is 2.13. The molecule has 0 aliphatic heterocycles. The molecule has 0 aliphatic rings. The molecule has 0 aliphatic carbocycles. The van der Waals surface area contributed by atoms with Crippen molar-refractivity contribution in [1.82, 2.24) is 0 Å². The predicted octanol–water partition coefficient (Wildman–Crippen LogP) is -0.547. The Morgan fingerprint density at radius 3 is 1.90 bits per heavy atom. The number of rotatable bonds is 1. The van der Waals surface area contributed by atoms with Gasteiger partial charge >= 0.3 is 5.71 Å². The molecule has 4 heteroatoms. The summed E-state index contributed by atoms with van der Waals surface area (Å²) >= 11 is 0. The van der Waals surface area contributed by atoms with Crippen LogP contribution < -0.4 is 5.11 Å². The largest absolute Gasteiger partial charge is 0.539 e. The molecule has 0 atom stereocenters. The first-order valence-corrected chi connectivity index (χ1v) is 2.83. The molecule has 56 valence electrons. The van der Waals surface area contributed by atoms with Crippen molar-refractivity contribution < 1.29 is 14.7 Å². The van der Waals surface area contributed by atoms with E-state index in [1.54, 1.807) is 20.8 Å². The van der Waals surface area contributed by atoms with Crippen LogP contribution >= 0.6 is 0 Å². The minimum absolute atomic E-state index is 0.340. The Morgan fingerprint density at radius 1 is 1.50 bits per heavy atom. The number of aliphatic carboxylic acids is 1. The van der Waals surface area contributed by atoms with Crippen molar-refractivity contribution >= 4 is 11.7 Å². The highest BCUT2D eigenvalue weighted by atomic mass is 16.4. The topological polar surface area (TPSA) is 76.5 Å². The number of carbonyl (C=O) groups excluding carboxylic acids is 1. The lowest BCUT2D eigenvalue weighted by Crippen LogP contribution is -2.40. The first-order valence-electron chi connectivity index (χ1n) is 2.83. The maximum absolute atomic E-state index is 10.2. The van der Waals surface area contributed by atoms with Gasteiger partial charge < -0.3 is 15.4 Å². The Balaban J connectivity index is 4.74. The summed E-state index contributed by atoms with van der Waals surface area (Å²) in [5.41, 5.74) is 7.19. The lowest BCUT2D eigenvalue weighted by molar-refractivity contribution is -0.298. The van der Waals surface area contributed by atoms with Gasteiger partial charge in [-0.2, -0.15) is 4.79 Å². The van der Waals surface area contributed by atoms with E-state index in [1.165, 1.54) is 0 Å². The number of carbonyl (C=O) groups is 1. The molecule has 0 radical (unpaired) electrons. The van der Waals surface area contributed by atoms with Crippen molar-refractivity contribution in [2.75, 3.05) is 0 Å². The smallest absolute Gasteiger partial charge is 0.319 e. The maximum Gasteiger partial charge on any atom is 0.319 e. The Morgan fingerprint density at radius 2 is 1.90 bits per heavy atom. The van der Waals surface area contributed by atoms with Crippen molar-refractivity contribution in [1.29, 1.82) is 0 Å². The second kappa shape index (κ2) is 2.62. The SMILES string of the molecule is CC(C)(C)C(=[N+]=[N-])C(=O)[O-]. The van der Waals surface area contributed by atoms with Gasteiger partial charge in [0.15, 0.2) is 5.97 Å². The summed E-state index contributed by atoms with van der Waals surface area (Å²) < 4.78 is 0. The summed E-state index contributed by atoms with van der Waals surface area (Å²) in [5, 5.41) is 10.2. The van der Waals surface area contributed by atoms with E-state index in [2.05, 4.69) is 4.79 Å². The van der Waals surface area contributed by atoms with E-state index < -0.39 is 11.4 Å². The third-order valence-electron chi connectivity index (χ3n) is 1.00. The van der Waals surface area contributed by atoms with Gasteiger partial charge in [0, 0.05) is 0 Å². The van der Waals surface area contributed by atoms with Crippen LogP contribution in [0, 0.1) is 5.41 Å². The second-order valence-electron chi connectivity index (χ2n) is 2.99. The van der Waals surface area contributed by atoms with Gasteiger partial charge in [-0.3, -0.25) is 0 Å². The highest BCUT2D eigenvalue weighted by molar-refractivity contribution is 6.33. The number of carboxylic acid groups (broad SMARTS) is 1. The molecule has 0 saturated heterocycles. The number of carboxylic acids is 1. The Labute approximate surface area is 59.1 Å². The molecular formula is C6H9N2O2-. The maximum atomic E-state index is 10.2. The molecule has 0 saturated carbocycles. The molecule has 0 unspecified atom stereocenters. The minimum atomic E-state index is -1.44. The van der Waals surface area contributed by atoms with Crippen molar-refractivity contribution in [3.8, 4) is 0 Å². The monoisotopic (exact) mass is 141 g/mol. The van der Waals surface area contributed by atoms with Gasteiger partial charge in [-0.1, -0.05) is 0 Å². The van der Waals surface area contributed by atoms with Crippen molar-refractivity contribution in [2.24, 2.45) is 5.41 Å². The van der Waals surface area contributed by atoms with Crippen LogP contribution in [0.3, 0.4) is 0 Å². The van der Waals surface area contributed by atoms with E-state index >= 15 is 0 Å². The summed E-state index contributed by atoms with van der Waals surface area (Å²) in [6.45, 7) is 4.87. The van der Waals surface area contributed by atoms with Crippen LogP contribution in [0.15, 0.2) is 0 Å². The quantitative estimate of drug-likeness (QED) is 0.279. The van der Waals surface area contributed by atoms with E-state index in [0.29, 0.717) is 0 Å². The zero-order valence-electron chi connectivity index (χ0n) is 6.21. The molecule has 10 heavy (non-hydrogen) atoms. The third kappa shape index (κ3) is 1.99. The average Bonchev–Trinajstić information content (AvgIpc) is 1.60. The Hall–Kier alpha value is -1.15. The summed E-state index contributed by atoms with van der Waals surface area (Å²) in [6, 6.07) is 0. The van der Waals surface area contributed by atoms with Crippen molar-refractivity contribution in [3.05, 3.63) is 5.53 Å². The summed E-state index contributed by atoms with van der Waals surface area (Å²) in [4.78, 5) is 12.8. The van der Waals surface area contributed by atoms with Crippen LogP contribution in [0.1, 0.15) is 20.8 Å². The second-order valence-corrected chi connectivity index (χ2v) is 2.99. The van der Waals surface area contributed by atoms with E-state index in [4.69, 9.17) is 5.53 Å². The molecule has 0 spiro atoms. The fourth-order valence-electron chi connectivity index (χ4n) is 0.497. The van der Waals surface area contributed by atoms with E-state index in [0.717, 1.165) is 0 Å². The molecule has 0 amide bonds. The minimum Gasteiger partial charge on any atom is -0.539 e. The van der Waals surface area contributed by atoms with Gasteiger partial charge in [0.05, 0.1) is 5.41 Å². The van der Waals surface area contributed by atoms with Gasteiger partial charge in [0.1, 0.15) is 0 Å². The van der Waals surface area contributed by atoms with Crippen molar-refractivity contribution in [2.45, 2.75) is 20.8 Å². The summed E-state index contributed by atoms with van der Waals surface area (Å²) in [5.74, 6) is -1.44. The normalized spacial score (nSPS) is 10.3. The van der Waals surface area contributed by atoms with E-state index in [-0.39, 0.29) is 5.71 Å². The fourth-order valence-corrected chi connectivity index (χ4v) is 0.497.